The Hall–Kier alpha value is -2.39. The minimum atomic E-state index is -3.69. The molecule has 0 bridgehead atoms. The van der Waals surface area contributed by atoms with E-state index in [-0.39, 0.29) is 24.0 Å². The highest BCUT2D eigenvalue weighted by atomic mass is 32.2. The number of urea groups is 1. The lowest BCUT2D eigenvalue weighted by atomic mass is 10.3. The van der Waals surface area contributed by atoms with Gasteiger partial charge in [0.2, 0.25) is 15.9 Å². The zero-order valence-electron chi connectivity index (χ0n) is 15.1. The number of nitrogens with one attached hydrogen (secondary N) is 1. The molecule has 0 spiro atoms. The number of hydrogen-bond donors (Lipinski definition) is 1. The van der Waals surface area contributed by atoms with E-state index in [1.165, 1.54) is 16.4 Å². The molecule has 2 aliphatic rings. The van der Waals surface area contributed by atoms with Gasteiger partial charge in [-0.3, -0.25) is 4.79 Å². The molecule has 0 unspecified atom stereocenters. The van der Waals surface area contributed by atoms with E-state index in [4.69, 9.17) is 0 Å². The molecule has 3 rings (SSSR count). The minimum absolute atomic E-state index is 0.00122. The number of nitrogens with zero attached hydrogens (tertiary/aromatic N) is 3. The van der Waals surface area contributed by atoms with Crippen LogP contribution in [0.5, 0.6) is 0 Å². The van der Waals surface area contributed by atoms with Crippen LogP contribution in [-0.2, 0) is 14.8 Å². The summed E-state index contributed by atoms with van der Waals surface area (Å²) in [5.74, 6) is -0.404. The smallest absolute Gasteiger partial charge is 0.320 e. The van der Waals surface area contributed by atoms with Crippen LogP contribution in [0.25, 0.3) is 0 Å². The normalized spacial score (nSPS) is 18.4. The van der Waals surface area contributed by atoms with E-state index in [0.29, 0.717) is 18.8 Å². The van der Waals surface area contributed by atoms with E-state index in [0.717, 1.165) is 32.0 Å². The second-order valence-electron chi connectivity index (χ2n) is 6.59. The Morgan fingerprint density at radius 1 is 1.00 bits per heavy atom. The molecule has 2 saturated heterocycles. The third-order valence-corrected chi connectivity index (χ3v) is 6.71. The third-order valence-electron chi connectivity index (χ3n) is 4.81. The zero-order valence-corrected chi connectivity index (χ0v) is 16.0. The number of benzene rings is 1. The van der Waals surface area contributed by atoms with Crippen LogP contribution in [0.15, 0.2) is 41.8 Å². The predicted molar refractivity (Wildman–Crippen MR) is 102 cm³/mol. The number of carbonyl (C=O) groups excluding carboxylic acids is 2. The topological polar surface area (TPSA) is 90.0 Å². The molecule has 1 aromatic rings. The molecule has 9 heteroatoms. The lowest BCUT2D eigenvalue weighted by molar-refractivity contribution is -0.111. The van der Waals surface area contributed by atoms with Crippen molar-refractivity contribution in [2.24, 2.45) is 0 Å². The molecule has 1 aromatic carbocycles. The summed E-state index contributed by atoms with van der Waals surface area (Å²) in [6.07, 6.45) is 3.18. The summed E-state index contributed by atoms with van der Waals surface area (Å²) in [4.78, 5) is 27.5. The summed E-state index contributed by atoms with van der Waals surface area (Å²) < 4.78 is 27.2. The number of carbonyl (C=O) groups is 2. The van der Waals surface area contributed by atoms with Crippen LogP contribution >= 0.6 is 0 Å². The Labute approximate surface area is 159 Å². The van der Waals surface area contributed by atoms with Gasteiger partial charge in [-0.05, 0) is 37.1 Å². The van der Waals surface area contributed by atoms with Gasteiger partial charge in [-0.25, -0.2) is 13.2 Å². The summed E-state index contributed by atoms with van der Waals surface area (Å²) in [6.45, 7) is 6.20. The lowest BCUT2D eigenvalue weighted by Gasteiger charge is -2.36. The van der Waals surface area contributed by atoms with Crippen molar-refractivity contribution in [2.75, 3.05) is 44.6 Å². The average Bonchev–Trinajstić information content (AvgIpc) is 3.22. The largest absolute Gasteiger partial charge is 0.325 e. The maximum Gasteiger partial charge on any atom is 0.320 e. The van der Waals surface area contributed by atoms with Crippen molar-refractivity contribution in [3.05, 3.63) is 36.9 Å². The number of piperazine rings is 1. The fourth-order valence-corrected chi connectivity index (χ4v) is 4.77. The summed E-state index contributed by atoms with van der Waals surface area (Å²) >= 11 is 0. The molecule has 1 N–H and O–H groups in total. The van der Waals surface area contributed by atoms with E-state index >= 15 is 0 Å². The van der Waals surface area contributed by atoms with E-state index in [2.05, 4.69) is 11.9 Å². The first-order valence-electron chi connectivity index (χ1n) is 8.99. The first kappa shape index (κ1) is 19.4. The van der Waals surface area contributed by atoms with Crippen molar-refractivity contribution in [2.45, 2.75) is 17.7 Å². The molecule has 8 nitrogen and oxygen atoms in total. The third kappa shape index (κ3) is 4.30. The Bertz CT molecular complexity index is 826. The number of likely N-dealkylation sites (tertiary alicyclic amines) is 1. The summed E-state index contributed by atoms with van der Waals surface area (Å²) in [5.41, 5.74) is 0.392. The lowest BCUT2D eigenvalue weighted by Crippen LogP contribution is -2.53. The maximum absolute atomic E-state index is 12.9. The van der Waals surface area contributed by atoms with Crippen molar-refractivity contribution in [3.63, 3.8) is 0 Å². The van der Waals surface area contributed by atoms with E-state index in [9.17, 15) is 18.0 Å². The van der Waals surface area contributed by atoms with Crippen LogP contribution in [0, 0.1) is 0 Å². The van der Waals surface area contributed by atoms with Crippen LogP contribution in [-0.4, -0.2) is 73.7 Å². The van der Waals surface area contributed by atoms with Crippen LogP contribution in [0.1, 0.15) is 12.8 Å². The van der Waals surface area contributed by atoms with E-state index in [1.54, 1.807) is 17.0 Å². The number of sulfonamides is 1. The number of anilines is 1. The van der Waals surface area contributed by atoms with Crippen LogP contribution in [0.4, 0.5) is 10.5 Å². The van der Waals surface area contributed by atoms with Gasteiger partial charge in [0.1, 0.15) is 0 Å². The van der Waals surface area contributed by atoms with Crippen molar-refractivity contribution < 1.29 is 18.0 Å². The van der Waals surface area contributed by atoms with Crippen molar-refractivity contribution in [1.29, 1.82) is 0 Å². The van der Waals surface area contributed by atoms with Gasteiger partial charge in [0.25, 0.3) is 0 Å². The van der Waals surface area contributed by atoms with Gasteiger partial charge in [0.05, 0.1) is 4.90 Å². The van der Waals surface area contributed by atoms with Crippen molar-refractivity contribution >= 4 is 27.6 Å². The van der Waals surface area contributed by atoms with Crippen molar-refractivity contribution in [1.82, 2.24) is 14.1 Å². The predicted octanol–water partition coefficient (Wildman–Crippen LogP) is 1.33. The standard InChI is InChI=1S/C18H24N4O4S/c1-2-17(23)19-15-6-5-7-16(14-15)27(25,26)22-12-10-21(11-13-22)18(24)20-8-3-4-9-20/h2,5-7,14H,1,3-4,8-13H2,(H,19,23). The second kappa shape index (κ2) is 8.10. The highest BCUT2D eigenvalue weighted by molar-refractivity contribution is 7.89. The first-order valence-corrected chi connectivity index (χ1v) is 10.4. The summed E-state index contributed by atoms with van der Waals surface area (Å²) in [6, 6.07) is 6.13. The SMILES string of the molecule is C=CC(=O)Nc1cccc(S(=O)(=O)N2CCN(C(=O)N3CCCC3)CC2)c1. The Kier molecular flexibility index (Phi) is 5.81. The molecule has 2 fully saturated rings. The number of hydrogen-bond acceptors (Lipinski definition) is 4. The molecule has 0 radical (unpaired) electrons. The molecule has 0 aliphatic carbocycles. The highest BCUT2D eigenvalue weighted by Gasteiger charge is 2.32. The Morgan fingerprint density at radius 2 is 1.63 bits per heavy atom. The fourth-order valence-electron chi connectivity index (χ4n) is 3.30. The fraction of sp³-hybridized carbons (Fsp3) is 0.444. The Morgan fingerprint density at radius 3 is 2.26 bits per heavy atom. The molecule has 2 aliphatic heterocycles. The summed E-state index contributed by atoms with van der Waals surface area (Å²) in [5, 5.41) is 2.56. The van der Waals surface area contributed by atoms with Gasteiger partial charge in [0.15, 0.2) is 0 Å². The monoisotopic (exact) mass is 392 g/mol. The van der Waals surface area contributed by atoms with Gasteiger partial charge in [0, 0.05) is 45.0 Å². The zero-order chi connectivity index (χ0) is 19.4. The van der Waals surface area contributed by atoms with Gasteiger partial charge < -0.3 is 15.1 Å². The van der Waals surface area contributed by atoms with Gasteiger partial charge in [-0.15, -0.1) is 0 Å². The number of rotatable bonds is 4. The molecule has 0 aromatic heterocycles. The molecule has 3 amide bonds. The van der Waals surface area contributed by atoms with E-state index in [1.807, 2.05) is 4.90 Å². The van der Waals surface area contributed by atoms with Gasteiger partial charge in [-0.1, -0.05) is 12.6 Å². The molecule has 27 heavy (non-hydrogen) atoms. The van der Waals surface area contributed by atoms with Gasteiger partial charge in [-0.2, -0.15) is 4.31 Å². The van der Waals surface area contributed by atoms with Crippen LogP contribution in [0.3, 0.4) is 0 Å². The maximum atomic E-state index is 12.9. The molecule has 0 saturated carbocycles. The number of amides is 3. The molecule has 0 atom stereocenters. The van der Waals surface area contributed by atoms with Crippen LogP contribution < -0.4 is 5.32 Å². The second-order valence-corrected chi connectivity index (χ2v) is 8.53. The molecular formula is C18H24N4O4S. The molecular weight excluding hydrogens is 368 g/mol. The van der Waals surface area contributed by atoms with Crippen LogP contribution in [0.2, 0.25) is 0 Å². The Balaban J connectivity index is 1.66. The summed E-state index contributed by atoms with van der Waals surface area (Å²) in [7, 11) is -3.69. The van der Waals surface area contributed by atoms with Gasteiger partial charge >= 0.3 is 6.03 Å². The quantitative estimate of drug-likeness (QED) is 0.783. The highest BCUT2D eigenvalue weighted by Crippen LogP contribution is 2.22. The van der Waals surface area contributed by atoms with Crippen molar-refractivity contribution in [3.8, 4) is 0 Å². The minimum Gasteiger partial charge on any atom is -0.325 e. The average molecular weight is 392 g/mol. The molecule has 2 heterocycles. The van der Waals surface area contributed by atoms with E-state index < -0.39 is 15.9 Å². The first-order chi connectivity index (χ1) is 12.9. The molecule has 146 valence electrons.